The molecule has 0 bridgehead atoms. The van der Waals surface area contributed by atoms with Crippen LogP contribution in [0.4, 0.5) is 10.1 Å². The largest absolute Gasteiger partial charge is 0.396 e. The number of benzene rings is 1. The molecule has 0 amide bonds. The van der Waals surface area contributed by atoms with Crippen LogP contribution in [0.3, 0.4) is 0 Å². The first-order valence-corrected chi connectivity index (χ1v) is 5.72. The van der Waals surface area contributed by atoms with Gasteiger partial charge < -0.3 is 10.0 Å². The van der Waals surface area contributed by atoms with E-state index in [4.69, 9.17) is 5.11 Å². The van der Waals surface area contributed by atoms with E-state index in [2.05, 4.69) is 0 Å². The number of hydrogen-bond donors (Lipinski definition) is 1. The maximum absolute atomic E-state index is 13.0. The number of aliphatic hydroxyl groups is 1. The fraction of sp³-hybridized carbons (Fsp3) is 0.462. The SMILES string of the molecule is CC(C)N(CCCO)c1ccc(F)cc1C=O. The van der Waals surface area contributed by atoms with Gasteiger partial charge in [-0.15, -0.1) is 0 Å². The summed E-state index contributed by atoms with van der Waals surface area (Å²) in [5.74, 6) is -0.415. The Bertz CT molecular complexity index is 380. The van der Waals surface area contributed by atoms with Crippen LogP contribution in [0.15, 0.2) is 18.2 Å². The fourth-order valence-electron chi connectivity index (χ4n) is 1.78. The maximum atomic E-state index is 13.0. The van der Waals surface area contributed by atoms with Gasteiger partial charge in [-0.3, -0.25) is 4.79 Å². The highest BCUT2D eigenvalue weighted by atomic mass is 19.1. The first kappa shape index (κ1) is 13.6. The molecule has 1 N–H and O–H groups in total. The second-order valence-electron chi connectivity index (χ2n) is 4.19. The van der Waals surface area contributed by atoms with Crippen molar-refractivity contribution in [2.45, 2.75) is 26.3 Å². The molecule has 1 rings (SSSR count). The molecule has 3 nitrogen and oxygen atoms in total. The van der Waals surface area contributed by atoms with Crippen molar-refractivity contribution in [2.24, 2.45) is 0 Å². The maximum Gasteiger partial charge on any atom is 0.152 e. The summed E-state index contributed by atoms with van der Waals surface area (Å²) in [7, 11) is 0. The normalized spacial score (nSPS) is 10.6. The molecule has 0 atom stereocenters. The predicted molar refractivity (Wildman–Crippen MR) is 66.0 cm³/mol. The van der Waals surface area contributed by atoms with Gasteiger partial charge in [0.2, 0.25) is 0 Å². The molecule has 0 heterocycles. The van der Waals surface area contributed by atoms with Crippen molar-refractivity contribution in [3.05, 3.63) is 29.6 Å². The van der Waals surface area contributed by atoms with Crippen molar-refractivity contribution < 1.29 is 14.3 Å². The summed E-state index contributed by atoms with van der Waals surface area (Å²) in [5.41, 5.74) is 1.06. The van der Waals surface area contributed by atoms with E-state index in [1.54, 1.807) is 6.07 Å². The second kappa shape index (κ2) is 6.35. The zero-order valence-corrected chi connectivity index (χ0v) is 10.2. The summed E-state index contributed by atoms with van der Waals surface area (Å²) in [4.78, 5) is 12.9. The fourth-order valence-corrected chi connectivity index (χ4v) is 1.78. The summed E-state index contributed by atoms with van der Waals surface area (Å²) >= 11 is 0. The summed E-state index contributed by atoms with van der Waals surface area (Å²) in [5, 5.41) is 8.86. The Hall–Kier alpha value is -1.42. The number of aliphatic hydroxyl groups excluding tert-OH is 1. The molecule has 0 saturated carbocycles. The van der Waals surface area contributed by atoms with Gasteiger partial charge in [0.05, 0.1) is 0 Å². The number of anilines is 1. The van der Waals surface area contributed by atoms with Gasteiger partial charge in [-0.1, -0.05) is 0 Å². The first-order chi connectivity index (χ1) is 8.10. The highest BCUT2D eigenvalue weighted by Gasteiger charge is 2.14. The van der Waals surface area contributed by atoms with Crippen molar-refractivity contribution in [3.63, 3.8) is 0 Å². The van der Waals surface area contributed by atoms with Gasteiger partial charge in [-0.2, -0.15) is 0 Å². The average molecular weight is 239 g/mol. The highest BCUT2D eigenvalue weighted by Crippen LogP contribution is 2.22. The lowest BCUT2D eigenvalue weighted by molar-refractivity contribution is 0.112. The van der Waals surface area contributed by atoms with Gasteiger partial charge in [0, 0.05) is 30.4 Å². The van der Waals surface area contributed by atoms with Gasteiger partial charge in [-0.05, 0) is 38.5 Å². The third kappa shape index (κ3) is 3.53. The minimum Gasteiger partial charge on any atom is -0.396 e. The van der Waals surface area contributed by atoms with Crippen molar-refractivity contribution >= 4 is 12.0 Å². The third-order valence-corrected chi connectivity index (χ3v) is 2.61. The smallest absolute Gasteiger partial charge is 0.152 e. The third-order valence-electron chi connectivity index (χ3n) is 2.61. The Morgan fingerprint density at radius 3 is 2.71 bits per heavy atom. The number of carbonyl (C=O) groups excluding carboxylic acids is 1. The Labute approximate surface area is 101 Å². The van der Waals surface area contributed by atoms with Crippen LogP contribution in [-0.4, -0.2) is 30.6 Å². The molecule has 0 fully saturated rings. The molecule has 1 aromatic carbocycles. The van der Waals surface area contributed by atoms with E-state index in [1.165, 1.54) is 12.1 Å². The zero-order valence-electron chi connectivity index (χ0n) is 10.2. The van der Waals surface area contributed by atoms with Crippen LogP contribution in [0.1, 0.15) is 30.6 Å². The summed E-state index contributed by atoms with van der Waals surface area (Å²) < 4.78 is 13.0. The van der Waals surface area contributed by atoms with E-state index in [0.29, 0.717) is 30.5 Å². The van der Waals surface area contributed by atoms with Crippen LogP contribution < -0.4 is 4.90 Å². The highest BCUT2D eigenvalue weighted by molar-refractivity contribution is 5.84. The van der Waals surface area contributed by atoms with Gasteiger partial charge in [0.1, 0.15) is 5.82 Å². The molecule has 1 aromatic rings. The van der Waals surface area contributed by atoms with Crippen LogP contribution in [0.25, 0.3) is 0 Å². The zero-order chi connectivity index (χ0) is 12.8. The Balaban J connectivity index is 3.04. The van der Waals surface area contributed by atoms with E-state index in [0.717, 1.165) is 0 Å². The van der Waals surface area contributed by atoms with Gasteiger partial charge in [0.25, 0.3) is 0 Å². The van der Waals surface area contributed by atoms with E-state index in [-0.39, 0.29) is 12.6 Å². The lowest BCUT2D eigenvalue weighted by Gasteiger charge is -2.30. The number of aldehydes is 1. The standard InChI is InChI=1S/C13H18FNO2/c1-10(2)15(6-3-7-16)13-5-4-12(14)8-11(13)9-17/h4-5,8-10,16H,3,6-7H2,1-2H3. The van der Waals surface area contributed by atoms with Gasteiger partial charge in [0.15, 0.2) is 6.29 Å². The van der Waals surface area contributed by atoms with Gasteiger partial charge >= 0.3 is 0 Å². The van der Waals surface area contributed by atoms with Crippen molar-refractivity contribution in [1.29, 1.82) is 0 Å². The van der Waals surface area contributed by atoms with E-state index < -0.39 is 5.82 Å². The minimum absolute atomic E-state index is 0.0981. The van der Waals surface area contributed by atoms with Crippen molar-refractivity contribution in [1.82, 2.24) is 0 Å². The molecule has 0 radical (unpaired) electrons. The van der Waals surface area contributed by atoms with Crippen molar-refractivity contribution in [2.75, 3.05) is 18.1 Å². The lowest BCUT2D eigenvalue weighted by Crippen LogP contribution is -2.33. The van der Waals surface area contributed by atoms with Crippen molar-refractivity contribution in [3.8, 4) is 0 Å². The Morgan fingerprint density at radius 1 is 1.47 bits per heavy atom. The molecule has 0 aromatic heterocycles. The monoisotopic (exact) mass is 239 g/mol. The van der Waals surface area contributed by atoms with Crippen LogP contribution in [0.5, 0.6) is 0 Å². The van der Waals surface area contributed by atoms with Crippen LogP contribution in [0, 0.1) is 5.82 Å². The van der Waals surface area contributed by atoms with Crippen LogP contribution in [-0.2, 0) is 0 Å². The molecular weight excluding hydrogens is 221 g/mol. The van der Waals surface area contributed by atoms with Crippen LogP contribution in [0.2, 0.25) is 0 Å². The van der Waals surface area contributed by atoms with E-state index in [1.807, 2.05) is 18.7 Å². The van der Waals surface area contributed by atoms with Crippen LogP contribution >= 0.6 is 0 Å². The molecule has 0 aliphatic rings. The quantitative estimate of drug-likeness (QED) is 0.774. The molecule has 0 aliphatic heterocycles. The molecule has 0 aliphatic carbocycles. The van der Waals surface area contributed by atoms with E-state index in [9.17, 15) is 9.18 Å². The minimum atomic E-state index is -0.415. The molecule has 94 valence electrons. The molecule has 0 saturated heterocycles. The lowest BCUT2D eigenvalue weighted by atomic mass is 10.1. The molecule has 17 heavy (non-hydrogen) atoms. The molecule has 0 unspecified atom stereocenters. The number of halogens is 1. The summed E-state index contributed by atoms with van der Waals surface area (Å²) in [6.07, 6.45) is 1.28. The molecular formula is C13H18FNO2. The first-order valence-electron chi connectivity index (χ1n) is 5.72. The summed E-state index contributed by atoms with van der Waals surface area (Å²) in [6, 6.07) is 4.37. The number of nitrogens with zero attached hydrogens (tertiary/aromatic N) is 1. The molecule has 4 heteroatoms. The predicted octanol–water partition coefficient (Wildman–Crippen LogP) is 2.24. The Morgan fingerprint density at radius 2 is 2.18 bits per heavy atom. The number of hydrogen-bond acceptors (Lipinski definition) is 3. The number of carbonyl (C=O) groups is 1. The topological polar surface area (TPSA) is 40.5 Å². The summed E-state index contributed by atoms with van der Waals surface area (Å²) in [6.45, 7) is 4.73. The molecule has 0 spiro atoms. The average Bonchev–Trinajstić information content (AvgIpc) is 2.30. The second-order valence-corrected chi connectivity index (χ2v) is 4.19. The van der Waals surface area contributed by atoms with Gasteiger partial charge in [-0.25, -0.2) is 4.39 Å². The number of rotatable bonds is 6. The van der Waals surface area contributed by atoms with E-state index >= 15 is 0 Å². The Kier molecular flexibility index (Phi) is 5.10.